The molecule has 0 aliphatic carbocycles. The molecule has 4 aromatic rings. The molecule has 0 atom stereocenters. The fourth-order valence-electron chi connectivity index (χ4n) is 3.72. The number of hydrogen-bond donors (Lipinski definition) is 2. The number of fused-ring (bicyclic) bond motifs is 2. The number of pyridine rings is 1. The zero-order valence-electron chi connectivity index (χ0n) is 17.3. The molecule has 4 heterocycles. The summed E-state index contributed by atoms with van der Waals surface area (Å²) in [5, 5.41) is 4.52. The van der Waals surface area contributed by atoms with Gasteiger partial charge in [0, 0.05) is 36.1 Å². The molecule has 0 unspecified atom stereocenters. The van der Waals surface area contributed by atoms with Crippen molar-refractivity contribution in [1.29, 1.82) is 0 Å². The molecular formula is C23H20BrN5O2S. The van der Waals surface area contributed by atoms with Crippen LogP contribution in [-0.4, -0.2) is 39.0 Å². The van der Waals surface area contributed by atoms with Crippen LogP contribution in [0.15, 0.2) is 58.9 Å². The van der Waals surface area contributed by atoms with Crippen molar-refractivity contribution in [3.63, 3.8) is 0 Å². The number of benzene rings is 1. The number of ether oxygens (including phenoxy) is 1. The van der Waals surface area contributed by atoms with Gasteiger partial charge < -0.3 is 19.9 Å². The predicted molar refractivity (Wildman–Crippen MR) is 132 cm³/mol. The second-order valence-corrected chi connectivity index (χ2v) is 9.32. The summed E-state index contributed by atoms with van der Waals surface area (Å²) in [6, 6.07) is 8.24. The number of halogens is 1. The molecule has 9 heteroatoms. The van der Waals surface area contributed by atoms with Crippen LogP contribution in [0.2, 0.25) is 0 Å². The predicted octanol–water partition coefficient (Wildman–Crippen LogP) is 6.44. The van der Waals surface area contributed by atoms with Gasteiger partial charge in [-0.1, -0.05) is 12.7 Å². The lowest BCUT2D eigenvalue weighted by Crippen LogP contribution is -2.34. The number of nitrogens with zero attached hydrogens (tertiary/aromatic N) is 3. The Morgan fingerprint density at radius 1 is 1.34 bits per heavy atom. The lowest BCUT2D eigenvalue weighted by atomic mass is 10.1. The molecule has 0 bridgehead atoms. The Balaban J connectivity index is 1.42. The molecule has 5 rings (SSSR count). The van der Waals surface area contributed by atoms with E-state index in [1.807, 2.05) is 23.7 Å². The first kappa shape index (κ1) is 20.7. The van der Waals surface area contributed by atoms with Crippen LogP contribution in [-0.2, 0) is 4.74 Å². The molecule has 0 saturated heterocycles. The second-order valence-electron chi connectivity index (χ2n) is 7.58. The van der Waals surface area contributed by atoms with Crippen molar-refractivity contribution < 1.29 is 9.53 Å². The molecular weight excluding hydrogens is 490 g/mol. The Labute approximate surface area is 196 Å². The van der Waals surface area contributed by atoms with Gasteiger partial charge in [0.2, 0.25) is 0 Å². The first-order valence-corrected chi connectivity index (χ1v) is 11.7. The quantitative estimate of drug-likeness (QED) is 0.309. The number of thiazole rings is 1. The molecule has 0 fully saturated rings. The maximum absolute atomic E-state index is 12.1. The van der Waals surface area contributed by atoms with Crippen LogP contribution in [0, 0.1) is 0 Å². The van der Waals surface area contributed by atoms with Crippen molar-refractivity contribution in [1.82, 2.24) is 19.9 Å². The number of carbonyl (C=O) groups excluding carboxylic acids is 1. The number of nitrogens with one attached hydrogen (secondary N) is 2. The van der Waals surface area contributed by atoms with Crippen molar-refractivity contribution in [2.45, 2.75) is 13.3 Å². The van der Waals surface area contributed by atoms with Crippen molar-refractivity contribution in [3.8, 4) is 0 Å². The van der Waals surface area contributed by atoms with Gasteiger partial charge >= 0.3 is 6.09 Å². The number of aromatic amines is 1. The smallest absolute Gasteiger partial charge is 0.415 e. The summed E-state index contributed by atoms with van der Waals surface area (Å²) in [4.78, 5) is 26.1. The van der Waals surface area contributed by atoms with E-state index in [1.54, 1.807) is 29.4 Å². The number of H-pyrrole nitrogens is 1. The first-order chi connectivity index (χ1) is 15.5. The Morgan fingerprint density at radius 2 is 2.22 bits per heavy atom. The van der Waals surface area contributed by atoms with Crippen molar-refractivity contribution in [3.05, 3.63) is 64.6 Å². The molecule has 1 aliphatic rings. The number of amides is 1. The number of aromatic nitrogens is 3. The first-order valence-electron chi connectivity index (χ1n) is 10.1. The summed E-state index contributed by atoms with van der Waals surface area (Å²) in [6.45, 7) is 6.37. The van der Waals surface area contributed by atoms with Crippen LogP contribution in [0.5, 0.6) is 0 Å². The summed E-state index contributed by atoms with van der Waals surface area (Å²) in [5.41, 5.74) is 7.73. The lowest BCUT2D eigenvalue weighted by Gasteiger charge is -2.25. The highest BCUT2D eigenvalue weighted by Gasteiger charge is 2.21. The van der Waals surface area contributed by atoms with Crippen LogP contribution in [0.4, 0.5) is 16.2 Å². The van der Waals surface area contributed by atoms with E-state index in [1.165, 1.54) is 0 Å². The van der Waals surface area contributed by atoms with E-state index in [-0.39, 0.29) is 6.09 Å². The highest BCUT2D eigenvalue weighted by Crippen LogP contribution is 2.36. The number of hydrogen-bond acceptors (Lipinski definition) is 6. The number of carbonyl (C=O) groups is 1. The second kappa shape index (κ2) is 8.40. The Kier molecular flexibility index (Phi) is 5.44. The molecule has 162 valence electrons. The van der Waals surface area contributed by atoms with E-state index in [0.29, 0.717) is 18.8 Å². The maximum Gasteiger partial charge on any atom is 0.415 e. The van der Waals surface area contributed by atoms with Gasteiger partial charge in [0.25, 0.3) is 0 Å². The van der Waals surface area contributed by atoms with E-state index in [2.05, 4.69) is 54.9 Å². The minimum absolute atomic E-state index is 0.362. The minimum Gasteiger partial charge on any atom is -0.416 e. The highest BCUT2D eigenvalue weighted by atomic mass is 79.9. The molecule has 7 nitrogen and oxygen atoms in total. The Morgan fingerprint density at radius 3 is 3.00 bits per heavy atom. The largest absolute Gasteiger partial charge is 0.416 e. The third-order valence-electron chi connectivity index (χ3n) is 5.29. The molecule has 32 heavy (non-hydrogen) atoms. The van der Waals surface area contributed by atoms with Crippen LogP contribution in [0.1, 0.15) is 19.0 Å². The van der Waals surface area contributed by atoms with Crippen LogP contribution in [0.25, 0.3) is 26.8 Å². The van der Waals surface area contributed by atoms with E-state index in [9.17, 15) is 4.79 Å². The van der Waals surface area contributed by atoms with E-state index in [4.69, 9.17) is 4.74 Å². The monoisotopic (exact) mass is 509 g/mol. The zero-order valence-corrected chi connectivity index (χ0v) is 19.7. The van der Waals surface area contributed by atoms with Crippen molar-refractivity contribution in [2.75, 3.05) is 18.4 Å². The SMILES string of the molecule is C=C(C)OC(=O)N1CC=C(c2cc3c(Nc4ccc5ncsc5c4)c(Br)cnc3[nH]2)CC1. The van der Waals surface area contributed by atoms with E-state index in [0.717, 1.165) is 54.8 Å². The average molecular weight is 510 g/mol. The molecule has 1 aromatic carbocycles. The fraction of sp³-hybridized carbons (Fsp3) is 0.174. The standard InChI is InChI=1S/C23H20BrN5O2S/c1-13(2)31-23(30)29-7-5-14(6-8-29)19-10-16-21(17(24)11-25-22(16)28-19)27-15-3-4-18-20(9-15)32-12-26-18/h3-5,9-12H,1,6-8H2,2H3,(H2,25,27,28). The number of rotatable bonds is 4. The Hall–Kier alpha value is -3.17. The summed E-state index contributed by atoms with van der Waals surface area (Å²) >= 11 is 5.25. The van der Waals surface area contributed by atoms with Crippen LogP contribution in [0.3, 0.4) is 0 Å². The van der Waals surface area contributed by atoms with Crippen LogP contribution >= 0.6 is 27.3 Å². The highest BCUT2D eigenvalue weighted by molar-refractivity contribution is 9.10. The number of anilines is 2. The normalized spacial score (nSPS) is 13.9. The summed E-state index contributed by atoms with van der Waals surface area (Å²) in [7, 11) is 0. The fourth-order valence-corrected chi connectivity index (χ4v) is 4.85. The molecule has 0 spiro atoms. The van der Waals surface area contributed by atoms with E-state index >= 15 is 0 Å². The van der Waals surface area contributed by atoms with Gasteiger partial charge in [0.1, 0.15) is 5.65 Å². The summed E-state index contributed by atoms with van der Waals surface area (Å²) in [5.74, 6) is 0.395. The Bertz CT molecular complexity index is 1390. The zero-order chi connectivity index (χ0) is 22.2. The van der Waals surface area contributed by atoms with Gasteiger partial charge in [-0.2, -0.15) is 0 Å². The number of allylic oxidation sites excluding steroid dienone is 1. The van der Waals surface area contributed by atoms with Gasteiger partial charge in [0.05, 0.1) is 31.6 Å². The maximum atomic E-state index is 12.1. The van der Waals surface area contributed by atoms with Gasteiger partial charge in [-0.05, 0) is 59.1 Å². The summed E-state index contributed by atoms with van der Waals surface area (Å²) < 4.78 is 7.13. The molecule has 0 radical (unpaired) electrons. The average Bonchev–Trinajstić information content (AvgIpc) is 3.42. The topological polar surface area (TPSA) is 83.1 Å². The molecule has 3 aromatic heterocycles. The van der Waals surface area contributed by atoms with Gasteiger partial charge in [-0.25, -0.2) is 14.8 Å². The minimum atomic E-state index is -0.362. The summed E-state index contributed by atoms with van der Waals surface area (Å²) in [6.07, 6.45) is 4.21. The third kappa shape index (κ3) is 4.01. The van der Waals surface area contributed by atoms with Gasteiger partial charge in [0.15, 0.2) is 0 Å². The molecule has 0 saturated carbocycles. The molecule has 1 amide bonds. The molecule has 1 aliphatic heterocycles. The van der Waals surface area contributed by atoms with Crippen LogP contribution < -0.4 is 5.32 Å². The lowest BCUT2D eigenvalue weighted by molar-refractivity contribution is 0.133. The molecule has 2 N–H and O–H groups in total. The van der Waals surface area contributed by atoms with Crippen molar-refractivity contribution in [2.24, 2.45) is 0 Å². The third-order valence-corrected chi connectivity index (χ3v) is 6.68. The van der Waals surface area contributed by atoms with Gasteiger partial charge in [-0.3, -0.25) is 0 Å². The van der Waals surface area contributed by atoms with Gasteiger partial charge in [-0.15, -0.1) is 11.3 Å². The van der Waals surface area contributed by atoms with Crippen molar-refractivity contribution >= 4 is 71.6 Å². The van der Waals surface area contributed by atoms with E-state index < -0.39 is 0 Å².